The minimum atomic E-state index is -1.28. The minimum Gasteiger partial charge on any atom is -0.476 e. The molecule has 0 aliphatic carbocycles. The summed E-state index contributed by atoms with van der Waals surface area (Å²) in [5, 5.41) is 8.60. The first kappa shape index (κ1) is 7.67. The number of hydrogen-bond acceptors (Lipinski definition) is 3. The van der Waals surface area contributed by atoms with Gasteiger partial charge in [-0.2, -0.15) is 0 Å². The fraction of sp³-hybridized carbons (Fsp3) is 0. The molecule has 4 heteroatoms. The molecule has 0 amide bonds. The highest BCUT2D eigenvalue weighted by atomic mass is 16.4. The summed E-state index contributed by atoms with van der Waals surface area (Å²) >= 11 is 0. The zero-order valence-electron chi connectivity index (χ0n) is 6.52. The van der Waals surface area contributed by atoms with Crippen LogP contribution in [-0.4, -0.2) is 22.6 Å². The van der Waals surface area contributed by atoms with Crippen molar-refractivity contribution in [1.29, 1.82) is 0 Å². The van der Waals surface area contributed by atoms with Crippen LogP contribution in [0.2, 0.25) is 0 Å². The Labute approximate surface area is 73.5 Å². The molecule has 2 rings (SSSR count). The van der Waals surface area contributed by atoms with Gasteiger partial charge < -0.3 is 5.11 Å². The molecule has 0 bridgehead atoms. The number of Topliss-reactive ketones (excluding diaryl/α,β-unsaturated/α-hetero) is 1. The van der Waals surface area contributed by atoms with Gasteiger partial charge in [0.15, 0.2) is 5.71 Å². The van der Waals surface area contributed by atoms with Gasteiger partial charge in [0.1, 0.15) is 0 Å². The molecule has 1 N–H and O–H groups in total. The maximum absolute atomic E-state index is 11.3. The molecular formula is C9H5NO3. The molecule has 0 aromatic heterocycles. The fourth-order valence-electron chi connectivity index (χ4n) is 1.21. The average molecular weight is 175 g/mol. The Bertz CT molecular complexity index is 434. The van der Waals surface area contributed by atoms with Crippen LogP contribution in [0.1, 0.15) is 10.4 Å². The molecule has 1 heterocycles. The number of carbonyl (C=O) groups excluding carboxylic acids is 1. The van der Waals surface area contributed by atoms with Gasteiger partial charge in [-0.1, -0.05) is 12.1 Å². The van der Waals surface area contributed by atoms with E-state index >= 15 is 0 Å². The van der Waals surface area contributed by atoms with E-state index in [0.29, 0.717) is 11.3 Å². The van der Waals surface area contributed by atoms with Crippen LogP contribution < -0.4 is 0 Å². The molecule has 1 aromatic carbocycles. The van der Waals surface area contributed by atoms with E-state index in [9.17, 15) is 9.59 Å². The third-order valence-electron chi connectivity index (χ3n) is 1.80. The number of para-hydroxylation sites is 1. The smallest absolute Gasteiger partial charge is 0.358 e. The normalized spacial score (nSPS) is 13.8. The van der Waals surface area contributed by atoms with E-state index in [-0.39, 0.29) is 0 Å². The maximum Gasteiger partial charge on any atom is 0.358 e. The first-order valence-corrected chi connectivity index (χ1v) is 3.66. The summed E-state index contributed by atoms with van der Waals surface area (Å²) < 4.78 is 0. The standard InChI is InChI=1S/C9H5NO3/c11-8-5-3-1-2-4-6(5)10-7(8)9(12)13/h1-4H,(H,12,13). The average Bonchev–Trinajstić information content (AvgIpc) is 2.45. The van der Waals surface area contributed by atoms with Crippen molar-refractivity contribution in [3.05, 3.63) is 29.8 Å². The van der Waals surface area contributed by atoms with Gasteiger partial charge in [0.25, 0.3) is 0 Å². The van der Waals surface area contributed by atoms with Gasteiger partial charge in [-0.15, -0.1) is 0 Å². The van der Waals surface area contributed by atoms with Crippen molar-refractivity contribution in [1.82, 2.24) is 0 Å². The highest BCUT2D eigenvalue weighted by Crippen LogP contribution is 2.25. The molecule has 13 heavy (non-hydrogen) atoms. The second-order valence-electron chi connectivity index (χ2n) is 2.61. The fourth-order valence-corrected chi connectivity index (χ4v) is 1.21. The summed E-state index contributed by atoms with van der Waals surface area (Å²) in [4.78, 5) is 25.6. The Kier molecular flexibility index (Phi) is 1.48. The van der Waals surface area contributed by atoms with Crippen molar-refractivity contribution in [3.8, 4) is 0 Å². The van der Waals surface area contributed by atoms with Crippen LogP contribution in [-0.2, 0) is 4.79 Å². The number of carbonyl (C=O) groups is 2. The summed E-state index contributed by atoms with van der Waals surface area (Å²) in [7, 11) is 0. The molecule has 0 atom stereocenters. The number of benzene rings is 1. The van der Waals surface area contributed by atoms with Gasteiger partial charge in [-0.25, -0.2) is 9.79 Å². The lowest BCUT2D eigenvalue weighted by atomic mass is 10.1. The van der Waals surface area contributed by atoms with Crippen molar-refractivity contribution in [2.24, 2.45) is 4.99 Å². The van der Waals surface area contributed by atoms with E-state index in [1.165, 1.54) is 0 Å². The van der Waals surface area contributed by atoms with Crippen LogP contribution in [0.15, 0.2) is 29.3 Å². The molecule has 0 saturated heterocycles. The third kappa shape index (κ3) is 1.03. The summed E-state index contributed by atoms with van der Waals surface area (Å²) in [6, 6.07) is 6.57. The number of fused-ring (bicyclic) bond motifs is 1. The molecular weight excluding hydrogens is 170 g/mol. The van der Waals surface area contributed by atoms with Crippen LogP contribution in [0, 0.1) is 0 Å². The Morgan fingerprint density at radius 1 is 1.31 bits per heavy atom. The number of nitrogens with zero attached hydrogens (tertiary/aromatic N) is 1. The Balaban J connectivity index is 2.57. The lowest BCUT2D eigenvalue weighted by Gasteiger charge is -1.91. The molecule has 1 aliphatic rings. The van der Waals surface area contributed by atoms with E-state index in [2.05, 4.69) is 4.99 Å². The summed E-state index contributed by atoms with van der Waals surface area (Å²) in [6.07, 6.45) is 0. The topological polar surface area (TPSA) is 66.7 Å². The second-order valence-corrected chi connectivity index (χ2v) is 2.61. The lowest BCUT2D eigenvalue weighted by molar-refractivity contribution is -0.129. The van der Waals surface area contributed by atoms with Crippen molar-refractivity contribution in [2.45, 2.75) is 0 Å². The van der Waals surface area contributed by atoms with Crippen LogP contribution >= 0.6 is 0 Å². The molecule has 0 fully saturated rings. The molecule has 4 nitrogen and oxygen atoms in total. The second kappa shape index (κ2) is 2.52. The maximum atomic E-state index is 11.3. The molecule has 1 aromatic rings. The first-order valence-electron chi connectivity index (χ1n) is 3.66. The van der Waals surface area contributed by atoms with E-state index in [4.69, 9.17) is 5.11 Å². The highest BCUT2D eigenvalue weighted by molar-refractivity contribution is 6.69. The third-order valence-corrected chi connectivity index (χ3v) is 1.80. The molecule has 0 unspecified atom stereocenters. The highest BCUT2D eigenvalue weighted by Gasteiger charge is 2.28. The number of hydrogen-bond donors (Lipinski definition) is 1. The van der Waals surface area contributed by atoms with Crippen LogP contribution in [0.25, 0.3) is 0 Å². The predicted molar refractivity (Wildman–Crippen MR) is 45.5 cm³/mol. The molecule has 1 aliphatic heterocycles. The van der Waals surface area contributed by atoms with Crippen LogP contribution in [0.5, 0.6) is 0 Å². The van der Waals surface area contributed by atoms with Gasteiger partial charge in [0.2, 0.25) is 5.78 Å². The number of ketones is 1. The van der Waals surface area contributed by atoms with E-state index in [1.807, 2.05) is 0 Å². The van der Waals surface area contributed by atoms with Crippen molar-refractivity contribution in [3.63, 3.8) is 0 Å². The van der Waals surface area contributed by atoms with Gasteiger partial charge in [-0.05, 0) is 12.1 Å². The van der Waals surface area contributed by atoms with Gasteiger partial charge in [0, 0.05) is 0 Å². The van der Waals surface area contributed by atoms with Crippen LogP contribution in [0.3, 0.4) is 0 Å². The monoisotopic (exact) mass is 175 g/mol. The van der Waals surface area contributed by atoms with Gasteiger partial charge >= 0.3 is 5.97 Å². The first-order chi connectivity index (χ1) is 6.20. The summed E-state index contributed by atoms with van der Waals surface area (Å²) in [5.74, 6) is -1.79. The number of aliphatic imine (C=N–C) groups is 1. The molecule has 0 spiro atoms. The molecule has 0 saturated carbocycles. The van der Waals surface area contributed by atoms with Gasteiger partial charge in [-0.3, -0.25) is 4.79 Å². The number of aliphatic carboxylic acids is 1. The Morgan fingerprint density at radius 3 is 2.62 bits per heavy atom. The van der Waals surface area contributed by atoms with Crippen molar-refractivity contribution < 1.29 is 14.7 Å². The predicted octanol–water partition coefficient (Wildman–Crippen LogP) is 1.04. The Morgan fingerprint density at radius 2 is 2.00 bits per heavy atom. The lowest BCUT2D eigenvalue weighted by Crippen LogP contribution is -2.19. The van der Waals surface area contributed by atoms with E-state index < -0.39 is 17.5 Å². The zero-order chi connectivity index (χ0) is 9.42. The number of rotatable bonds is 1. The van der Waals surface area contributed by atoms with E-state index in [0.717, 1.165) is 0 Å². The van der Waals surface area contributed by atoms with Crippen molar-refractivity contribution >= 4 is 23.2 Å². The summed E-state index contributed by atoms with van der Waals surface area (Å²) in [6.45, 7) is 0. The molecule has 64 valence electrons. The van der Waals surface area contributed by atoms with Crippen molar-refractivity contribution in [2.75, 3.05) is 0 Å². The summed E-state index contributed by atoms with van der Waals surface area (Å²) in [5.41, 5.74) is 0.394. The largest absolute Gasteiger partial charge is 0.476 e. The number of carboxylic acid groups (broad SMARTS) is 1. The SMILES string of the molecule is O=C(O)C1=Nc2ccccc2C1=O. The van der Waals surface area contributed by atoms with Crippen LogP contribution in [0.4, 0.5) is 5.69 Å². The molecule has 0 radical (unpaired) electrons. The Hall–Kier alpha value is -1.97. The zero-order valence-corrected chi connectivity index (χ0v) is 6.52. The van der Waals surface area contributed by atoms with E-state index in [1.54, 1.807) is 24.3 Å². The number of carboxylic acids is 1. The van der Waals surface area contributed by atoms with Gasteiger partial charge in [0.05, 0.1) is 11.3 Å². The minimum absolute atomic E-state index is 0.361. The quantitative estimate of drug-likeness (QED) is 0.693.